The standard InChI is InChI=1S/C14H18FNS/c15-11-5-4-6-12-13(11)16-9-14(10-17-12)7-2-1-3-8-14/h4-6,16H,1-3,7-10H2. The Bertz CT molecular complexity index is 413. The molecule has 1 N–H and O–H groups in total. The number of hydrogen-bond donors (Lipinski definition) is 1. The summed E-state index contributed by atoms with van der Waals surface area (Å²) < 4.78 is 13.7. The van der Waals surface area contributed by atoms with Gasteiger partial charge in [0.25, 0.3) is 0 Å². The maximum absolute atomic E-state index is 13.7. The average molecular weight is 251 g/mol. The van der Waals surface area contributed by atoms with Gasteiger partial charge in [-0.05, 0) is 30.4 Å². The molecule has 1 heterocycles. The zero-order valence-corrected chi connectivity index (χ0v) is 10.8. The van der Waals surface area contributed by atoms with Crippen molar-refractivity contribution in [2.24, 2.45) is 5.41 Å². The third-order valence-electron chi connectivity index (χ3n) is 4.06. The van der Waals surface area contributed by atoms with E-state index >= 15 is 0 Å². The molecular formula is C14H18FNS. The molecule has 1 aromatic rings. The van der Waals surface area contributed by atoms with Gasteiger partial charge in [0, 0.05) is 17.2 Å². The van der Waals surface area contributed by atoms with Crippen molar-refractivity contribution < 1.29 is 4.39 Å². The first-order chi connectivity index (χ1) is 8.29. The largest absolute Gasteiger partial charge is 0.381 e. The average Bonchev–Trinajstić information content (AvgIpc) is 2.53. The lowest BCUT2D eigenvalue weighted by Crippen LogP contribution is -2.33. The molecular weight excluding hydrogens is 233 g/mol. The molecule has 0 bridgehead atoms. The topological polar surface area (TPSA) is 12.0 Å². The van der Waals surface area contributed by atoms with Gasteiger partial charge in [-0.15, -0.1) is 11.8 Å². The molecule has 1 aromatic carbocycles. The molecule has 0 saturated heterocycles. The van der Waals surface area contributed by atoms with E-state index in [1.54, 1.807) is 6.07 Å². The van der Waals surface area contributed by atoms with Gasteiger partial charge in [-0.3, -0.25) is 0 Å². The first kappa shape index (κ1) is 11.4. The van der Waals surface area contributed by atoms with Gasteiger partial charge in [0.1, 0.15) is 5.82 Å². The van der Waals surface area contributed by atoms with Gasteiger partial charge in [0.15, 0.2) is 0 Å². The lowest BCUT2D eigenvalue weighted by molar-refractivity contribution is 0.240. The lowest BCUT2D eigenvalue weighted by Gasteiger charge is -2.35. The molecule has 1 aliphatic heterocycles. The van der Waals surface area contributed by atoms with Gasteiger partial charge >= 0.3 is 0 Å². The van der Waals surface area contributed by atoms with E-state index in [4.69, 9.17) is 0 Å². The fraction of sp³-hybridized carbons (Fsp3) is 0.571. The van der Waals surface area contributed by atoms with Crippen molar-refractivity contribution in [1.29, 1.82) is 0 Å². The Balaban J connectivity index is 1.85. The number of rotatable bonds is 0. The Hall–Kier alpha value is -0.700. The molecule has 2 aliphatic rings. The van der Waals surface area contributed by atoms with Crippen LogP contribution in [0, 0.1) is 11.2 Å². The summed E-state index contributed by atoms with van der Waals surface area (Å²) in [6.45, 7) is 0.938. The van der Waals surface area contributed by atoms with E-state index in [0.717, 1.165) is 22.9 Å². The van der Waals surface area contributed by atoms with Gasteiger partial charge in [-0.2, -0.15) is 0 Å². The van der Waals surface area contributed by atoms with Crippen molar-refractivity contribution in [1.82, 2.24) is 0 Å². The number of benzene rings is 1. The van der Waals surface area contributed by atoms with E-state index in [9.17, 15) is 4.39 Å². The number of hydrogen-bond acceptors (Lipinski definition) is 2. The van der Waals surface area contributed by atoms with Crippen molar-refractivity contribution in [3.63, 3.8) is 0 Å². The van der Waals surface area contributed by atoms with Gasteiger partial charge in [-0.25, -0.2) is 4.39 Å². The number of fused-ring (bicyclic) bond motifs is 1. The first-order valence-corrected chi connectivity index (χ1v) is 7.43. The second kappa shape index (κ2) is 4.52. The van der Waals surface area contributed by atoms with Gasteiger partial charge in [-0.1, -0.05) is 25.3 Å². The van der Waals surface area contributed by atoms with Crippen LogP contribution in [0.4, 0.5) is 10.1 Å². The molecule has 3 rings (SSSR count). The molecule has 92 valence electrons. The summed E-state index contributed by atoms with van der Waals surface area (Å²) in [7, 11) is 0. The van der Waals surface area contributed by atoms with Crippen LogP contribution in [0.25, 0.3) is 0 Å². The van der Waals surface area contributed by atoms with Crippen LogP contribution in [-0.2, 0) is 0 Å². The molecule has 0 radical (unpaired) electrons. The summed E-state index contributed by atoms with van der Waals surface area (Å²) in [6, 6.07) is 5.38. The summed E-state index contributed by atoms with van der Waals surface area (Å²) >= 11 is 1.83. The third kappa shape index (κ3) is 2.17. The monoisotopic (exact) mass is 251 g/mol. The van der Waals surface area contributed by atoms with Crippen LogP contribution in [0.15, 0.2) is 23.1 Å². The molecule has 3 heteroatoms. The maximum atomic E-state index is 13.7. The van der Waals surface area contributed by atoms with E-state index in [1.807, 2.05) is 23.9 Å². The molecule has 1 fully saturated rings. The highest BCUT2D eigenvalue weighted by atomic mass is 32.2. The Labute approximate surface area is 106 Å². The Kier molecular flexibility index (Phi) is 3.03. The highest BCUT2D eigenvalue weighted by Gasteiger charge is 2.34. The minimum Gasteiger partial charge on any atom is -0.381 e. The highest BCUT2D eigenvalue weighted by Crippen LogP contribution is 2.45. The van der Waals surface area contributed by atoms with Crippen LogP contribution in [0.1, 0.15) is 32.1 Å². The van der Waals surface area contributed by atoms with E-state index in [1.165, 1.54) is 32.1 Å². The molecule has 1 aliphatic carbocycles. The predicted octanol–water partition coefficient (Wildman–Crippen LogP) is 4.29. The Morgan fingerprint density at radius 3 is 2.82 bits per heavy atom. The zero-order valence-electron chi connectivity index (χ0n) is 9.97. The van der Waals surface area contributed by atoms with Crippen LogP contribution < -0.4 is 5.32 Å². The van der Waals surface area contributed by atoms with E-state index in [2.05, 4.69) is 5.32 Å². The quantitative estimate of drug-likeness (QED) is 0.738. The molecule has 0 amide bonds. The normalized spacial score (nSPS) is 22.6. The fourth-order valence-electron chi connectivity index (χ4n) is 2.98. The number of anilines is 1. The van der Waals surface area contributed by atoms with E-state index < -0.39 is 0 Å². The third-order valence-corrected chi connectivity index (χ3v) is 5.47. The second-order valence-electron chi connectivity index (χ2n) is 5.32. The molecule has 1 nitrogen and oxygen atoms in total. The SMILES string of the molecule is Fc1cccc2c1NCC1(CCCCC1)CS2. The summed E-state index contributed by atoms with van der Waals surface area (Å²) in [5.74, 6) is 1.03. The first-order valence-electron chi connectivity index (χ1n) is 6.44. The number of thioether (sulfide) groups is 1. The molecule has 0 atom stereocenters. The smallest absolute Gasteiger partial charge is 0.147 e. The summed E-state index contributed by atoms with van der Waals surface area (Å²) in [4.78, 5) is 1.08. The number of para-hydroxylation sites is 1. The minimum absolute atomic E-state index is 0.108. The van der Waals surface area contributed by atoms with Crippen LogP contribution in [0.5, 0.6) is 0 Å². The van der Waals surface area contributed by atoms with Crippen molar-refractivity contribution in [2.45, 2.75) is 37.0 Å². The molecule has 0 unspecified atom stereocenters. The fourth-order valence-corrected chi connectivity index (χ4v) is 4.32. The molecule has 0 aromatic heterocycles. The highest BCUT2D eigenvalue weighted by molar-refractivity contribution is 7.99. The van der Waals surface area contributed by atoms with Gasteiger partial charge in [0.05, 0.1) is 5.69 Å². The predicted molar refractivity (Wildman–Crippen MR) is 71.1 cm³/mol. The number of halogens is 1. The van der Waals surface area contributed by atoms with Crippen molar-refractivity contribution in [3.05, 3.63) is 24.0 Å². The van der Waals surface area contributed by atoms with Crippen LogP contribution in [0.3, 0.4) is 0 Å². The number of nitrogens with one attached hydrogen (secondary N) is 1. The maximum Gasteiger partial charge on any atom is 0.147 e. The molecule has 1 saturated carbocycles. The Morgan fingerprint density at radius 1 is 1.18 bits per heavy atom. The molecule has 17 heavy (non-hydrogen) atoms. The van der Waals surface area contributed by atoms with E-state index in [0.29, 0.717) is 5.41 Å². The van der Waals surface area contributed by atoms with Crippen molar-refractivity contribution in [2.75, 3.05) is 17.6 Å². The van der Waals surface area contributed by atoms with Crippen LogP contribution in [-0.4, -0.2) is 12.3 Å². The summed E-state index contributed by atoms with van der Waals surface area (Å²) in [6.07, 6.45) is 6.63. The minimum atomic E-state index is -0.108. The van der Waals surface area contributed by atoms with Gasteiger partial charge in [0.2, 0.25) is 0 Å². The zero-order chi connectivity index (χ0) is 11.7. The lowest BCUT2D eigenvalue weighted by atomic mass is 9.75. The van der Waals surface area contributed by atoms with Crippen molar-refractivity contribution >= 4 is 17.4 Å². The van der Waals surface area contributed by atoms with Crippen molar-refractivity contribution in [3.8, 4) is 0 Å². The van der Waals surface area contributed by atoms with Gasteiger partial charge < -0.3 is 5.32 Å². The summed E-state index contributed by atoms with van der Waals surface area (Å²) in [5.41, 5.74) is 1.12. The molecule has 1 spiro atoms. The van der Waals surface area contributed by atoms with E-state index in [-0.39, 0.29) is 5.82 Å². The van der Waals surface area contributed by atoms with Crippen LogP contribution >= 0.6 is 11.8 Å². The van der Waals surface area contributed by atoms with Crippen LogP contribution in [0.2, 0.25) is 0 Å². The Morgan fingerprint density at radius 2 is 2.00 bits per heavy atom. The summed E-state index contributed by atoms with van der Waals surface area (Å²) in [5, 5.41) is 3.36. The second-order valence-corrected chi connectivity index (χ2v) is 6.33.